The van der Waals surface area contributed by atoms with E-state index >= 15 is 8.78 Å². The van der Waals surface area contributed by atoms with Gasteiger partial charge in [0.2, 0.25) is 15.9 Å². The average molecular weight is 1020 g/mol. The van der Waals surface area contributed by atoms with Gasteiger partial charge in [0.25, 0.3) is 12.3 Å². The molecular formula is C39H35ClF6IN7O5S2. The molecule has 1 fully saturated rings. The molecule has 2 aliphatic rings. The fraction of sp³-hybridized carbons (Fsp3) is 0.385. The van der Waals surface area contributed by atoms with E-state index in [9.17, 15) is 39.2 Å². The van der Waals surface area contributed by atoms with Crippen molar-refractivity contribution < 1.29 is 48.0 Å². The number of hydrogen-bond acceptors (Lipinski definition) is 8. The van der Waals surface area contributed by atoms with Crippen LogP contribution in [0.4, 0.5) is 32.2 Å². The van der Waals surface area contributed by atoms with Gasteiger partial charge in [-0.2, -0.15) is 19.0 Å². The van der Waals surface area contributed by atoms with Crippen LogP contribution in [0.5, 0.6) is 0 Å². The van der Waals surface area contributed by atoms with E-state index in [0.717, 1.165) is 18.4 Å². The lowest BCUT2D eigenvalue weighted by molar-refractivity contribution is -0.122. The first kappa shape index (κ1) is 44.6. The Balaban J connectivity index is 1.43. The summed E-state index contributed by atoms with van der Waals surface area (Å²) in [6.07, 6.45) is -2.84. The average Bonchev–Trinajstić information content (AvgIpc) is 3.77. The Morgan fingerprint density at radius 2 is 1.72 bits per heavy atom. The first-order chi connectivity index (χ1) is 28.4. The molecule has 324 valence electrons. The second kappa shape index (κ2) is 16.1. The van der Waals surface area contributed by atoms with Crippen LogP contribution in [0.1, 0.15) is 79.5 Å². The Morgan fingerprint density at radius 1 is 1.05 bits per heavy atom. The number of nitrogens with one attached hydrogen (secondary N) is 2. The Morgan fingerprint density at radius 3 is 2.34 bits per heavy atom. The van der Waals surface area contributed by atoms with Gasteiger partial charge in [-0.05, 0) is 97.9 Å². The minimum absolute atomic E-state index is 0.00585. The maximum Gasteiger partial charge on any atom is 0.290 e. The SMILES string of the molecule is Cn1nc(NS(C)(=O)=O)c2c(Cl)ccc(-c3cc(I)c(C#CC(C)(C)S(=O)(=O)C4CC4)nc3[C@H](Cc3cc(F)cc(F)c3)NC(=O)Cn3nc(C(F)F)c4c3C(F)(F)CC4)c21. The van der Waals surface area contributed by atoms with Crippen molar-refractivity contribution in [1.82, 2.24) is 29.9 Å². The number of halogens is 8. The molecule has 0 aliphatic heterocycles. The third-order valence-corrected chi connectivity index (χ3v) is 14.9. The number of aromatic nitrogens is 5. The van der Waals surface area contributed by atoms with Crippen LogP contribution in [0.25, 0.3) is 22.0 Å². The molecule has 61 heavy (non-hydrogen) atoms. The first-order valence-electron chi connectivity index (χ1n) is 18.5. The number of fused-ring (bicyclic) bond motifs is 2. The second-order valence-electron chi connectivity index (χ2n) is 15.4. The lowest BCUT2D eigenvalue weighted by Gasteiger charge is -2.23. The molecule has 3 heterocycles. The third kappa shape index (κ3) is 8.95. The van der Waals surface area contributed by atoms with Gasteiger partial charge < -0.3 is 5.32 Å². The summed E-state index contributed by atoms with van der Waals surface area (Å²) in [6.45, 7) is 1.95. The molecule has 2 aliphatic carbocycles. The maximum atomic E-state index is 15.1. The van der Waals surface area contributed by atoms with Crippen molar-refractivity contribution in [3.63, 3.8) is 0 Å². The summed E-state index contributed by atoms with van der Waals surface area (Å²) >= 11 is 8.55. The predicted octanol–water partition coefficient (Wildman–Crippen LogP) is 7.52. The summed E-state index contributed by atoms with van der Waals surface area (Å²) in [7, 11) is -6.05. The lowest BCUT2D eigenvalue weighted by Crippen LogP contribution is -2.35. The fourth-order valence-corrected chi connectivity index (χ4v) is 10.5. The molecule has 0 radical (unpaired) electrons. The predicted molar refractivity (Wildman–Crippen MR) is 223 cm³/mol. The van der Waals surface area contributed by atoms with E-state index in [2.05, 4.69) is 32.1 Å². The zero-order chi connectivity index (χ0) is 44.6. The van der Waals surface area contributed by atoms with Gasteiger partial charge in [-0.25, -0.2) is 39.4 Å². The highest BCUT2D eigenvalue weighted by Crippen LogP contribution is 2.45. The van der Waals surface area contributed by atoms with E-state index in [1.54, 1.807) is 12.1 Å². The van der Waals surface area contributed by atoms with E-state index in [4.69, 9.17) is 16.6 Å². The Kier molecular flexibility index (Phi) is 11.8. The molecule has 0 bridgehead atoms. The minimum atomic E-state index is -3.87. The Labute approximate surface area is 364 Å². The standard InChI is InChI=1S/C39H35ClF6IN7O5S2/c1-38(2,61(58,59)22-5-6-22)11-10-28-27(47)17-25(23-7-8-26(40)31-34(23)53(3)51-37(31)52-60(4,56)57)32(49-28)29(15-19-13-20(41)16-21(42)14-19)48-30(55)18-54-35-24(9-12-39(35,45)46)33(50-54)36(43)44/h7-8,13-14,16-17,22,29,36H,5-6,9,12,15,18H2,1-4H3,(H,48,55)(H,51,52)/t29-/m0/s1. The molecular weight excluding hydrogens is 987 g/mol. The largest absolute Gasteiger partial charge is 0.346 e. The number of carbonyl (C=O) groups excluding carboxylic acids is 1. The molecule has 2 aromatic carbocycles. The van der Waals surface area contributed by atoms with Crippen molar-refractivity contribution in [3.8, 4) is 23.0 Å². The highest BCUT2D eigenvalue weighted by atomic mass is 127. The van der Waals surface area contributed by atoms with Gasteiger partial charge in [-0.15, -0.1) is 0 Å². The van der Waals surface area contributed by atoms with Crippen LogP contribution in [-0.2, 0) is 57.0 Å². The van der Waals surface area contributed by atoms with E-state index in [1.807, 2.05) is 22.6 Å². The first-order valence-corrected chi connectivity index (χ1v) is 23.4. The number of anilines is 1. The highest BCUT2D eigenvalue weighted by molar-refractivity contribution is 14.1. The van der Waals surface area contributed by atoms with Crippen LogP contribution >= 0.6 is 34.2 Å². The number of aryl methyl sites for hydroxylation is 1. The van der Waals surface area contributed by atoms with Crippen molar-refractivity contribution in [3.05, 3.63) is 90.5 Å². The van der Waals surface area contributed by atoms with Gasteiger partial charge in [0.15, 0.2) is 15.7 Å². The second-order valence-corrected chi connectivity index (χ2v) is 21.5. The van der Waals surface area contributed by atoms with Gasteiger partial charge in [0.05, 0.1) is 39.2 Å². The Bertz CT molecular complexity index is 2910. The molecule has 12 nitrogen and oxygen atoms in total. The van der Waals surface area contributed by atoms with Crippen LogP contribution in [0.15, 0.2) is 36.4 Å². The monoisotopic (exact) mass is 1020 g/mol. The molecule has 2 N–H and O–H groups in total. The van der Waals surface area contributed by atoms with Gasteiger partial charge in [-0.1, -0.05) is 23.6 Å². The number of sulfonamides is 1. The summed E-state index contributed by atoms with van der Waals surface area (Å²) in [5.41, 5.74) is -1.25. The van der Waals surface area contributed by atoms with Gasteiger partial charge in [0.1, 0.15) is 40.0 Å². The molecule has 0 saturated heterocycles. The summed E-state index contributed by atoms with van der Waals surface area (Å²) in [6, 6.07) is 5.85. The minimum Gasteiger partial charge on any atom is -0.346 e. The number of rotatable bonds is 12. The van der Waals surface area contributed by atoms with Crippen molar-refractivity contribution in [1.29, 1.82) is 0 Å². The number of sulfone groups is 1. The third-order valence-electron chi connectivity index (χ3n) is 10.3. The number of alkyl halides is 4. The zero-order valence-electron chi connectivity index (χ0n) is 32.6. The Hall–Kier alpha value is -4.40. The maximum absolute atomic E-state index is 15.1. The normalized spacial score (nSPS) is 15.8. The molecule has 3 aromatic heterocycles. The van der Waals surface area contributed by atoms with E-state index in [0.29, 0.717) is 32.7 Å². The molecule has 22 heteroatoms. The number of carbonyl (C=O) groups is 1. The number of pyridine rings is 1. The summed E-state index contributed by atoms with van der Waals surface area (Å²) in [4.78, 5) is 18.9. The van der Waals surface area contributed by atoms with Gasteiger partial charge in [0, 0.05) is 39.8 Å². The molecule has 7 rings (SSSR count). The number of nitrogens with zero attached hydrogens (tertiary/aromatic N) is 5. The smallest absolute Gasteiger partial charge is 0.290 e. The van der Waals surface area contributed by atoms with E-state index in [1.165, 1.54) is 31.6 Å². The topological polar surface area (TPSA) is 158 Å². The van der Waals surface area contributed by atoms with Crippen LogP contribution < -0.4 is 10.0 Å². The van der Waals surface area contributed by atoms with Crippen LogP contribution in [-0.4, -0.2) is 63.5 Å². The summed E-state index contributed by atoms with van der Waals surface area (Å²) < 4.78 is 142. The van der Waals surface area contributed by atoms with Crippen LogP contribution in [0.2, 0.25) is 5.02 Å². The van der Waals surface area contributed by atoms with E-state index < -0.39 is 96.6 Å². The van der Waals surface area contributed by atoms with Crippen molar-refractivity contribution in [2.45, 2.75) is 80.9 Å². The molecule has 1 saturated carbocycles. The fourth-order valence-electron chi connectivity index (χ4n) is 7.41. The summed E-state index contributed by atoms with van der Waals surface area (Å²) in [5.74, 6) is -0.947. The van der Waals surface area contributed by atoms with Crippen LogP contribution in [0, 0.1) is 27.0 Å². The van der Waals surface area contributed by atoms with Gasteiger partial charge in [-0.3, -0.25) is 18.9 Å². The summed E-state index contributed by atoms with van der Waals surface area (Å²) in [5, 5.41) is 10.4. The zero-order valence-corrected chi connectivity index (χ0v) is 37.1. The lowest BCUT2D eigenvalue weighted by atomic mass is 9.93. The van der Waals surface area contributed by atoms with Gasteiger partial charge >= 0.3 is 0 Å². The highest BCUT2D eigenvalue weighted by Gasteiger charge is 2.47. The molecule has 1 atom stereocenters. The number of hydrogen-bond donors (Lipinski definition) is 2. The van der Waals surface area contributed by atoms with E-state index in [-0.39, 0.29) is 56.2 Å². The molecule has 0 unspecified atom stereocenters. The van der Waals surface area contributed by atoms with Crippen molar-refractivity contribution in [2.24, 2.45) is 7.05 Å². The van der Waals surface area contributed by atoms with Crippen LogP contribution in [0.3, 0.4) is 0 Å². The van der Waals surface area contributed by atoms with Crippen molar-refractivity contribution in [2.75, 3.05) is 11.0 Å². The molecule has 5 aromatic rings. The number of benzene rings is 2. The molecule has 0 spiro atoms. The quantitative estimate of drug-likeness (QED) is 0.0739. The number of amides is 1. The van der Waals surface area contributed by atoms with Crippen molar-refractivity contribution >= 4 is 76.7 Å². The molecule has 1 amide bonds.